The first-order valence-electron chi connectivity index (χ1n) is 5.12. The summed E-state index contributed by atoms with van der Waals surface area (Å²) in [5, 5.41) is 3.50. The van der Waals surface area contributed by atoms with Crippen LogP contribution in [0.1, 0.15) is 26.7 Å². The van der Waals surface area contributed by atoms with Gasteiger partial charge in [0.05, 0.1) is 6.10 Å². The zero-order valence-corrected chi connectivity index (χ0v) is 8.05. The lowest BCUT2D eigenvalue weighted by Gasteiger charge is -2.17. The lowest BCUT2D eigenvalue weighted by molar-refractivity contribution is 0.0219. The molecule has 1 saturated carbocycles. The Labute approximate surface area is 74.7 Å². The Morgan fingerprint density at radius 3 is 2.67 bits per heavy atom. The maximum Gasteiger partial charge on any atom is 0.0768 e. The summed E-state index contributed by atoms with van der Waals surface area (Å²) in [5.74, 6) is 1.48. The van der Waals surface area contributed by atoms with Crippen LogP contribution < -0.4 is 5.32 Å². The van der Waals surface area contributed by atoms with Crippen LogP contribution in [0.25, 0.3) is 0 Å². The molecule has 2 heteroatoms. The highest BCUT2D eigenvalue weighted by atomic mass is 16.5. The Morgan fingerprint density at radius 1 is 1.42 bits per heavy atom. The Morgan fingerprint density at radius 2 is 2.25 bits per heavy atom. The van der Waals surface area contributed by atoms with E-state index in [-0.39, 0.29) is 0 Å². The van der Waals surface area contributed by atoms with E-state index in [1.807, 2.05) is 0 Å². The minimum atomic E-state index is 0.535. The molecule has 2 aliphatic rings. The molecule has 1 aliphatic carbocycles. The van der Waals surface area contributed by atoms with E-state index in [9.17, 15) is 0 Å². The third-order valence-electron chi connectivity index (χ3n) is 2.97. The van der Waals surface area contributed by atoms with E-state index in [1.165, 1.54) is 19.4 Å². The zero-order valence-electron chi connectivity index (χ0n) is 8.05. The number of fused-ring (bicyclic) bond motifs is 2. The molecule has 0 aromatic rings. The van der Waals surface area contributed by atoms with Crippen LogP contribution in [0.3, 0.4) is 0 Å². The van der Waals surface area contributed by atoms with Gasteiger partial charge in [0, 0.05) is 19.2 Å². The molecular weight excluding hydrogens is 150 g/mol. The van der Waals surface area contributed by atoms with Crippen molar-refractivity contribution in [2.75, 3.05) is 13.2 Å². The zero-order chi connectivity index (χ0) is 8.55. The van der Waals surface area contributed by atoms with Crippen molar-refractivity contribution < 1.29 is 4.74 Å². The SMILES string of the molecule is CC(C)COC1C2CCC1NC2. The Bertz CT molecular complexity index is 138. The Balaban J connectivity index is 1.81. The summed E-state index contributed by atoms with van der Waals surface area (Å²) >= 11 is 0. The molecule has 0 amide bonds. The van der Waals surface area contributed by atoms with E-state index >= 15 is 0 Å². The van der Waals surface area contributed by atoms with Crippen LogP contribution in [0.2, 0.25) is 0 Å². The van der Waals surface area contributed by atoms with Gasteiger partial charge in [0.25, 0.3) is 0 Å². The summed E-state index contributed by atoms with van der Waals surface area (Å²) in [7, 11) is 0. The highest BCUT2D eigenvalue weighted by molar-refractivity contribution is 4.98. The fraction of sp³-hybridized carbons (Fsp3) is 1.00. The normalized spacial score (nSPS) is 39.8. The molecule has 3 unspecified atom stereocenters. The molecule has 12 heavy (non-hydrogen) atoms. The van der Waals surface area contributed by atoms with Crippen molar-refractivity contribution in [2.24, 2.45) is 11.8 Å². The van der Waals surface area contributed by atoms with Crippen molar-refractivity contribution in [3.8, 4) is 0 Å². The highest BCUT2D eigenvalue weighted by Gasteiger charge is 2.42. The molecule has 3 atom stereocenters. The second-order valence-corrected chi connectivity index (χ2v) is 4.54. The molecule has 2 bridgehead atoms. The van der Waals surface area contributed by atoms with Crippen LogP contribution in [-0.4, -0.2) is 25.3 Å². The van der Waals surface area contributed by atoms with Gasteiger partial charge in [0.1, 0.15) is 0 Å². The van der Waals surface area contributed by atoms with E-state index in [0.29, 0.717) is 18.1 Å². The highest BCUT2D eigenvalue weighted by Crippen LogP contribution is 2.33. The first-order valence-corrected chi connectivity index (χ1v) is 5.12. The predicted octanol–water partition coefficient (Wildman–Crippen LogP) is 1.41. The van der Waals surface area contributed by atoms with Crippen LogP contribution in [0, 0.1) is 11.8 Å². The van der Waals surface area contributed by atoms with Crippen LogP contribution in [0.5, 0.6) is 0 Å². The fourth-order valence-electron chi connectivity index (χ4n) is 2.35. The fourth-order valence-corrected chi connectivity index (χ4v) is 2.35. The second-order valence-electron chi connectivity index (χ2n) is 4.54. The molecule has 2 nitrogen and oxygen atoms in total. The monoisotopic (exact) mass is 169 g/mol. The lowest BCUT2D eigenvalue weighted by atomic mass is 10.1. The van der Waals surface area contributed by atoms with Crippen molar-refractivity contribution in [2.45, 2.75) is 38.8 Å². The molecule has 0 aromatic carbocycles. The molecule has 2 fully saturated rings. The summed E-state index contributed by atoms with van der Waals surface area (Å²) in [6, 6.07) is 0.675. The van der Waals surface area contributed by atoms with Gasteiger partial charge in [-0.3, -0.25) is 0 Å². The minimum Gasteiger partial charge on any atom is -0.376 e. The number of rotatable bonds is 3. The van der Waals surface area contributed by atoms with E-state index in [4.69, 9.17) is 4.74 Å². The number of nitrogens with one attached hydrogen (secondary N) is 1. The standard InChI is InChI=1S/C10H19NO/c1-7(2)6-12-10-8-3-4-9(10)11-5-8/h7-11H,3-6H2,1-2H3. The van der Waals surface area contributed by atoms with E-state index in [1.54, 1.807) is 0 Å². The summed E-state index contributed by atoms with van der Waals surface area (Å²) in [6.07, 6.45) is 3.24. The van der Waals surface area contributed by atoms with Gasteiger partial charge in [-0.1, -0.05) is 13.8 Å². The van der Waals surface area contributed by atoms with E-state index in [2.05, 4.69) is 19.2 Å². The molecule has 0 spiro atoms. The molecule has 2 rings (SSSR count). The number of piperidine rings is 1. The van der Waals surface area contributed by atoms with Gasteiger partial charge in [-0.25, -0.2) is 0 Å². The van der Waals surface area contributed by atoms with Crippen LogP contribution in [0.15, 0.2) is 0 Å². The van der Waals surface area contributed by atoms with Gasteiger partial charge in [-0.05, 0) is 24.7 Å². The predicted molar refractivity (Wildman–Crippen MR) is 49.1 cm³/mol. The van der Waals surface area contributed by atoms with E-state index in [0.717, 1.165) is 12.5 Å². The maximum absolute atomic E-state index is 5.89. The number of hydrogen-bond acceptors (Lipinski definition) is 2. The van der Waals surface area contributed by atoms with E-state index < -0.39 is 0 Å². The molecule has 70 valence electrons. The lowest BCUT2D eigenvalue weighted by Crippen LogP contribution is -2.30. The topological polar surface area (TPSA) is 21.3 Å². The molecule has 1 heterocycles. The average Bonchev–Trinajstić information content (AvgIpc) is 2.59. The molecule has 0 aromatic heterocycles. The van der Waals surface area contributed by atoms with Gasteiger partial charge < -0.3 is 10.1 Å². The van der Waals surface area contributed by atoms with Crippen molar-refractivity contribution in [1.82, 2.24) is 5.32 Å². The Kier molecular flexibility index (Phi) is 2.37. The molecular formula is C10H19NO. The average molecular weight is 169 g/mol. The van der Waals surface area contributed by atoms with Crippen molar-refractivity contribution in [3.63, 3.8) is 0 Å². The summed E-state index contributed by atoms with van der Waals surface area (Å²) < 4.78 is 5.89. The molecule has 0 radical (unpaired) electrons. The summed E-state index contributed by atoms with van der Waals surface area (Å²) in [5.41, 5.74) is 0. The van der Waals surface area contributed by atoms with Crippen molar-refractivity contribution in [3.05, 3.63) is 0 Å². The van der Waals surface area contributed by atoms with Gasteiger partial charge in [0.2, 0.25) is 0 Å². The summed E-state index contributed by atoms with van der Waals surface area (Å²) in [6.45, 7) is 6.54. The molecule has 1 saturated heterocycles. The van der Waals surface area contributed by atoms with Crippen LogP contribution in [-0.2, 0) is 4.74 Å². The van der Waals surface area contributed by atoms with Crippen molar-refractivity contribution >= 4 is 0 Å². The minimum absolute atomic E-state index is 0.535. The Hall–Kier alpha value is -0.0800. The maximum atomic E-state index is 5.89. The van der Waals surface area contributed by atoms with Crippen LogP contribution >= 0.6 is 0 Å². The first-order chi connectivity index (χ1) is 5.77. The van der Waals surface area contributed by atoms with Gasteiger partial charge in [-0.15, -0.1) is 0 Å². The van der Waals surface area contributed by atoms with Crippen molar-refractivity contribution in [1.29, 1.82) is 0 Å². The third kappa shape index (κ3) is 1.50. The number of hydrogen-bond donors (Lipinski definition) is 1. The van der Waals surface area contributed by atoms with Gasteiger partial charge in [-0.2, -0.15) is 0 Å². The third-order valence-corrected chi connectivity index (χ3v) is 2.97. The molecule has 1 N–H and O–H groups in total. The summed E-state index contributed by atoms with van der Waals surface area (Å²) in [4.78, 5) is 0. The van der Waals surface area contributed by atoms with Crippen LogP contribution in [0.4, 0.5) is 0 Å². The quantitative estimate of drug-likeness (QED) is 0.689. The second kappa shape index (κ2) is 3.35. The van der Waals surface area contributed by atoms with Gasteiger partial charge >= 0.3 is 0 Å². The largest absolute Gasteiger partial charge is 0.376 e. The first kappa shape index (κ1) is 8.52. The molecule has 1 aliphatic heterocycles. The smallest absolute Gasteiger partial charge is 0.0768 e. The van der Waals surface area contributed by atoms with Gasteiger partial charge in [0.15, 0.2) is 0 Å². The number of ether oxygens (including phenoxy) is 1.